The first-order chi connectivity index (χ1) is 16.4. The van der Waals surface area contributed by atoms with Gasteiger partial charge in [-0.3, -0.25) is 14.5 Å². The summed E-state index contributed by atoms with van der Waals surface area (Å²) < 4.78 is 31.0. The molecular formula is C24H33FN4O6. The van der Waals surface area contributed by atoms with Crippen molar-refractivity contribution in [3.8, 4) is 5.75 Å². The standard InChI is InChI=1S/C24H33FN4O6/c1-16(30)26-13-19-14-29(23(32)34-19)18-6-7-21(20(25)12-18)33-15-22(31)28-10-8-27(9-11-28)17(2)35-24(3,4)5/h6-7,12,19H,2,8-11,13-15H2,1,3-5H3,(H,26,30)/t19-/m0/s1. The molecule has 0 saturated carbocycles. The summed E-state index contributed by atoms with van der Waals surface area (Å²) in [4.78, 5) is 40.6. The largest absolute Gasteiger partial charge is 0.481 e. The zero-order valence-electron chi connectivity index (χ0n) is 20.6. The maximum absolute atomic E-state index is 14.6. The number of anilines is 1. The molecule has 1 aromatic rings. The van der Waals surface area contributed by atoms with E-state index < -0.39 is 18.0 Å². The zero-order valence-corrected chi connectivity index (χ0v) is 20.6. The van der Waals surface area contributed by atoms with Gasteiger partial charge < -0.3 is 29.3 Å². The summed E-state index contributed by atoms with van der Waals surface area (Å²) in [6.07, 6.45) is -1.15. The highest BCUT2D eigenvalue weighted by molar-refractivity contribution is 5.90. The predicted molar refractivity (Wildman–Crippen MR) is 126 cm³/mol. The normalized spacial score (nSPS) is 18.3. The van der Waals surface area contributed by atoms with Crippen molar-refractivity contribution in [3.05, 3.63) is 36.5 Å². The number of halogens is 1. The molecule has 3 amide bonds. The zero-order chi connectivity index (χ0) is 25.8. The van der Waals surface area contributed by atoms with Crippen LogP contribution in [0.3, 0.4) is 0 Å². The number of carbonyl (C=O) groups is 3. The summed E-state index contributed by atoms with van der Waals surface area (Å²) >= 11 is 0. The van der Waals surface area contributed by atoms with Crippen molar-refractivity contribution >= 4 is 23.6 Å². The molecule has 2 saturated heterocycles. The van der Waals surface area contributed by atoms with E-state index in [1.54, 1.807) is 4.90 Å². The second-order valence-electron chi connectivity index (χ2n) is 9.43. The minimum absolute atomic E-state index is 0.0879. The topological polar surface area (TPSA) is 101 Å². The highest BCUT2D eigenvalue weighted by atomic mass is 19.1. The van der Waals surface area contributed by atoms with E-state index >= 15 is 0 Å². The van der Waals surface area contributed by atoms with Crippen LogP contribution in [-0.4, -0.2) is 85.3 Å². The summed E-state index contributed by atoms with van der Waals surface area (Å²) in [5.41, 5.74) is -0.0496. The third kappa shape index (κ3) is 7.24. The molecule has 2 aliphatic rings. The molecule has 1 aromatic carbocycles. The van der Waals surface area contributed by atoms with Crippen LogP contribution in [0.25, 0.3) is 0 Å². The molecular weight excluding hydrogens is 459 g/mol. The molecule has 2 aliphatic heterocycles. The summed E-state index contributed by atoms with van der Waals surface area (Å²) in [6.45, 7) is 13.3. The maximum atomic E-state index is 14.6. The van der Waals surface area contributed by atoms with Crippen LogP contribution in [-0.2, 0) is 19.1 Å². The fourth-order valence-corrected chi connectivity index (χ4v) is 3.72. The van der Waals surface area contributed by atoms with Gasteiger partial charge in [0.25, 0.3) is 5.91 Å². The van der Waals surface area contributed by atoms with E-state index in [2.05, 4.69) is 11.9 Å². The van der Waals surface area contributed by atoms with Crippen LogP contribution in [0, 0.1) is 5.82 Å². The van der Waals surface area contributed by atoms with E-state index in [9.17, 15) is 18.8 Å². The first-order valence-electron chi connectivity index (χ1n) is 11.5. The third-order valence-corrected chi connectivity index (χ3v) is 5.44. The highest BCUT2D eigenvalue weighted by Crippen LogP contribution is 2.27. The number of nitrogens with one attached hydrogen (secondary N) is 1. The van der Waals surface area contributed by atoms with E-state index in [0.29, 0.717) is 37.7 Å². The second-order valence-corrected chi connectivity index (χ2v) is 9.43. The van der Waals surface area contributed by atoms with E-state index in [-0.39, 0.29) is 42.9 Å². The lowest BCUT2D eigenvalue weighted by molar-refractivity contribution is -0.135. The van der Waals surface area contributed by atoms with Gasteiger partial charge in [-0.05, 0) is 39.5 Å². The molecule has 0 radical (unpaired) electrons. The Morgan fingerprint density at radius 1 is 1.20 bits per heavy atom. The van der Waals surface area contributed by atoms with Crippen molar-refractivity contribution in [2.24, 2.45) is 0 Å². The molecule has 0 spiro atoms. The predicted octanol–water partition coefficient (Wildman–Crippen LogP) is 2.10. The molecule has 0 aliphatic carbocycles. The molecule has 2 heterocycles. The Kier molecular flexibility index (Phi) is 8.08. The Balaban J connectivity index is 1.48. The lowest BCUT2D eigenvalue weighted by Crippen LogP contribution is -2.50. The van der Waals surface area contributed by atoms with Crippen LogP contribution in [0.4, 0.5) is 14.9 Å². The van der Waals surface area contributed by atoms with Gasteiger partial charge in [0.2, 0.25) is 5.91 Å². The molecule has 0 aromatic heterocycles. The van der Waals surface area contributed by atoms with E-state index in [1.165, 1.54) is 24.0 Å². The molecule has 2 fully saturated rings. The molecule has 10 nitrogen and oxygen atoms in total. The fourth-order valence-electron chi connectivity index (χ4n) is 3.72. The number of ether oxygens (including phenoxy) is 3. The number of benzene rings is 1. The van der Waals surface area contributed by atoms with E-state index in [1.807, 2.05) is 25.7 Å². The molecule has 0 unspecified atom stereocenters. The number of hydrogen-bond donors (Lipinski definition) is 1. The van der Waals surface area contributed by atoms with Crippen LogP contribution in [0.15, 0.2) is 30.7 Å². The van der Waals surface area contributed by atoms with Gasteiger partial charge in [-0.15, -0.1) is 0 Å². The van der Waals surface area contributed by atoms with Crippen LogP contribution < -0.4 is 15.0 Å². The second kappa shape index (κ2) is 10.8. The van der Waals surface area contributed by atoms with Gasteiger partial charge in [0.15, 0.2) is 24.1 Å². The van der Waals surface area contributed by atoms with Gasteiger partial charge in [0, 0.05) is 39.2 Å². The molecule has 0 bridgehead atoms. The van der Waals surface area contributed by atoms with Gasteiger partial charge in [-0.25, -0.2) is 9.18 Å². The van der Waals surface area contributed by atoms with Crippen LogP contribution in [0.1, 0.15) is 27.7 Å². The number of rotatable bonds is 8. The van der Waals surface area contributed by atoms with E-state index in [4.69, 9.17) is 14.2 Å². The van der Waals surface area contributed by atoms with Gasteiger partial charge in [-0.1, -0.05) is 0 Å². The number of carbonyl (C=O) groups excluding carboxylic acids is 3. The van der Waals surface area contributed by atoms with Crippen LogP contribution in [0.2, 0.25) is 0 Å². The van der Waals surface area contributed by atoms with Gasteiger partial charge >= 0.3 is 6.09 Å². The monoisotopic (exact) mass is 492 g/mol. The molecule has 1 N–H and O–H groups in total. The van der Waals surface area contributed by atoms with Crippen molar-refractivity contribution < 1.29 is 33.0 Å². The first kappa shape index (κ1) is 26.1. The number of amides is 3. The average Bonchev–Trinajstić information content (AvgIpc) is 3.16. The smallest absolute Gasteiger partial charge is 0.414 e. The molecule has 192 valence electrons. The Labute approximate surface area is 204 Å². The Hall–Kier alpha value is -3.50. The van der Waals surface area contributed by atoms with E-state index in [0.717, 1.165) is 6.07 Å². The Morgan fingerprint density at radius 3 is 2.46 bits per heavy atom. The number of nitrogens with zero attached hydrogens (tertiary/aromatic N) is 3. The number of hydrogen-bond acceptors (Lipinski definition) is 7. The van der Waals surface area contributed by atoms with Crippen LogP contribution >= 0.6 is 0 Å². The van der Waals surface area contributed by atoms with Crippen molar-refractivity contribution in [3.63, 3.8) is 0 Å². The molecule has 35 heavy (non-hydrogen) atoms. The Bertz CT molecular complexity index is 971. The average molecular weight is 493 g/mol. The minimum atomic E-state index is -0.700. The van der Waals surface area contributed by atoms with Gasteiger partial charge in [-0.2, -0.15) is 0 Å². The minimum Gasteiger partial charge on any atom is -0.481 e. The fraction of sp³-hybridized carbons (Fsp3) is 0.542. The van der Waals surface area contributed by atoms with Crippen molar-refractivity contribution in [1.82, 2.24) is 15.1 Å². The summed E-state index contributed by atoms with van der Waals surface area (Å²) in [5, 5.41) is 2.59. The summed E-state index contributed by atoms with van der Waals surface area (Å²) in [7, 11) is 0. The molecule has 3 rings (SSSR count). The highest BCUT2D eigenvalue weighted by Gasteiger charge is 2.33. The SMILES string of the molecule is C=C(OC(C)(C)C)N1CCN(C(=O)COc2ccc(N3C[C@H](CNC(C)=O)OC3=O)cc2F)CC1. The van der Waals surface area contributed by atoms with Crippen molar-refractivity contribution in [2.75, 3.05) is 50.8 Å². The molecule has 11 heteroatoms. The first-order valence-corrected chi connectivity index (χ1v) is 11.5. The maximum Gasteiger partial charge on any atom is 0.414 e. The Morgan fingerprint density at radius 2 is 1.86 bits per heavy atom. The third-order valence-electron chi connectivity index (χ3n) is 5.44. The number of piperazine rings is 1. The summed E-state index contributed by atoms with van der Waals surface area (Å²) in [6, 6.07) is 4.05. The quantitative estimate of drug-likeness (QED) is 0.555. The molecule has 1 atom stereocenters. The van der Waals surface area contributed by atoms with Crippen molar-refractivity contribution in [1.29, 1.82) is 0 Å². The summed E-state index contributed by atoms with van der Waals surface area (Å²) in [5.74, 6) is -0.696. The van der Waals surface area contributed by atoms with Gasteiger partial charge in [0.1, 0.15) is 11.7 Å². The lowest BCUT2D eigenvalue weighted by Gasteiger charge is -2.38. The number of cyclic esters (lactones) is 1. The lowest BCUT2D eigenvalue weighted by atomic mass is 10.2. The van der Waals surface area contributed by atoms with Gasteiger partial charge in [0.05, 0.1) is 18.8 Å². The van der Waals surface area contributed by atoms with Crippen molar-refractivity contribution in [2.45, 2.75) is 39.4 Å². The van der Waals surface area contributed by atoms with Crippen LogP contribution in [0.5, 0.6) is 5.75 Å².